The molecule has 0 bridgehead atoms. The molecule has 112 valence electrons. The van der Waals surface area contributed by atoms with Gasteiger partial charge in [0.05, 0.1) is 11.5 Å². The summed E-state index contributed by atoms with van der Waals surface area (Å²) in [6.07, 6.45) is 0.820. The lowest BCUT2D eigenvalue weighted by molar-refractivity contribution is 0.339. The number of ether oxygens (including phenoxy) is 1. The summed E-state index contributed by atoms with van der Waals surface area (Å²) in [5, 5.41) is 0. The highest BCUT2D eigenvalue weighted by molar-refractivity contribution is 7.89. The van der Waals surface area contributed by atoms with Crippen LogP contribution in [0.3, 0.4) is 0 Å². The summed E-state index contributed by atoms with van der Waals surface area (Å²) in [6, 6.07) is 6.66. The highest BCUT2D eigenvalue weighted by atomic mass is 32.2. The third-order valence-electron chi connectivity index (χ3n) is 3.66. The van der Waals surface area contributed by atoms with E-state index in [4.69, 9.17) is 10.5 Å². The van der Waals surface area contributed by atoms with Crippen LogP contribution in [0.4, 0.5) is 0 Å². The lowest BCUT2D eigenvalue weighted by Crippen LogP contribution is -2.34. The number of rotatable bonds is 5. The van der Waals surface area contributed by atoms with Crippen molar-refractivity contribution < 1.29 is 13.2 Å². The van der Waals surface area contributed by atoms with Gasteiger partial charge in [0.2, 0.25) is 10.0 Å². The van der Waals surface area contributed by atoms with E-state index < -0.39 is 10.0 Å². The smallest absolute Gasteiger partial charge is 0.243 e. The summed E-state index contributed by atoms with van der Waals surface area (Å²) in [6.45, 7) is 5.34. The maximum absolute atomic E-state index is 12.7. The first-order valence-corrected chi connectivity index (χ1v) is 8.37. The molecule has 1 aliphatic rings. The SMILES string of the molecule is CCOc1cccc(S(=O)(=O)N2CC(CN)CC2C)c1. The number of sulfonamides is 1. The van der Waals surface area contributed by atoms with Crippen LogP contribution in [0.1, 0.15) is 20.3 Å². The Kier molecular flexibility index (Phi) is 4.67. The highest BCUT2D eigenvalue weighted by Crippen LogP contribution is 2.30. The fourth-order valence-corrected chi connectivity index (χ4v) is 4.39. The lowest BCUT2D eigenvalue weighted by Gasteiger charge is -2.21. The van der Waals surface area contributed by atoms with Crippen molar-refractivity contribution in [2.45, 2.75) is 31.2 Å². The predicted molar refractivity (Wildman–Crippen MR) is 78.1 cm³/mol. The Morgan fingerprint density at radius 1 is 1.45 bits per heavy atom. The van der Waals surface area contributed by atoms with Crippen LogP contribution in [0.15, 0.2) is 29.2 Å². The first kappa shape index (κ1) is 15.3. The fourth-order valence-electron chi connectivity index (χ4n) is 2.64. The maximum Gasteiger partial charge on any atom is 0.243 e. The summed E-state index contributed by atoms with van der Waals surface area (Å²) in [5.41, 5.74) is 5.66. The summed E-state index contributed by atoms with van der Waals surface area (Å²) in [4.78, 5) is 0.285. The second-order valence-electron chi connectivity index (χ2n) is 5.17. The number of benzene rings is 1. The Morgan fingerprint density at radius 3 is 2.80 bits per heavy atom. The average molecular weight is 298 g/mol. The molecule has 0 spiro atoms. The van der Waals surface area contributed by atoms with Gasteiger partial charge in [-0.05, 0) is 44.9 Å². The normalized spacial score (nSPS) is 23.9. The molecule has 0 aliphatic carbocycles. The molecule has 1 heterocycles. The minimum Gasteiger partial charge on any atom is -0.494 e. The van der Waals surface area contributed by atoms with Gasteiger partial charge in [0.15, 0.2) is 0 Å². The first-order valence-electron chi connectivity index (χ1n) is 6.93. The Labute approximate surface area is 120 Å². The predicted octanol–water partition coefficient (Wildman–Crippen LogP) is 1.44. The number of nitrogens with two attached hydrogens (primary N) is 1. The van der Waals surface area contributed by atoms with Crippen LogP contribution in [0, 0.1) is 5.92 Å². The minimum absolute atomic E-state index is 0.00991. The van der Waals surface area contributed by atoms with Crippen molar-refractivity contribution in [2.24, 2.45) is 11.7 Å². The molecule has 2 atom stereocenters. The summed E-state index contributed by atoms with van der Waals surface area (Å²) >= 11 is 0. The van der Waals surface area contributed by atoms with E-state index in [0.717, 1.165) is 6.42 Å². The van der Waals surface area contributed by atoms with Crippen molar-refractivity contribution >= 4 is 10.0 Å². The van der Waals surface area contributed by atoms with Crippen molar-refractivity contribution in [3.05, 3.63) is 24.3 Å². The highest BCUT2D eigenvalue weighted by Gasteiger charge is 2.37. The van der Waals surface area contributed by atoms with E-state index in [1.807, 2.05) is 13.8 Å². The molecular formula is C14H22N2O3S. The zero-order chi connectivity index (χ0) is 14.8. The van der Waals surface area contributed by atoms with E-state index in [2.05, 4.69) is 0 Å². The monoisotopic (exact) mass is 298 g/mol. The number of hydrogen-bond acceptors (Lipinski definition) is 4. The molecule has 1 fully saturated rings. The quantitative estimate of drug-likeness (QED) is 0.893. The Morgan fingerprint density at radius 2 is 2.20 bits per heavy atom. The van der Waals surface area contributed by atoms with Crippen molar-refractivity contribution in [3.8, 4) is 5.75 Å². The molecule has 1 saturated heterocycles. The third-order valence-corrected chi connectivity index (χ3v) is 5.64. The first-order chi connectivity index (χ1) is 9.48. The van der Waals surface area contributed by atoms with Crippen LogP contribution in [0.5, 0.6) is 5.75 Å². The Balaban J connectivity index is 2.28. The van der Waals surface area contributed by atoms with E-state index in [1.54, 1.807) is 28.6 Å². The van der Waals surface area contributed by atoms with E-state index in [9.17, 15) is 8.42 Å². The van der Waals surface area contributed by atoms with E-state index in [0.29, 0.717) is 25.4 Å². The van der Waals surface area contributed by atoms with Gasteiger partial charge >= 0.3 is 0 Å². The standard InChI is InChI=1S/C14H22N2O3S/c1-3-19-13-5-4-6-14(8-13)20(17,18)16-10-12(9-15)7-11(16)2/h4-6,8,11-12H,3,7,9-10,15H2,1-2H3. The summed E-state index contributed by atoms with van der Waals surface area (Å²) < 4.78 is 32.3. The Hall–Kier alpha value is -1.11. The zero-order valence-corrected chi connectivity index (χ0v) is 12.8. The van der Waals surface area contributed by atoms with Gasteiger partial charge < -0.3 is 10.5 Å². The molecule has 1 aromatic carbocycles. The molecule has 0 aromatic heterocycles. The van der Waals surface area contributed by atoms with Crippen LogP contribution >= 0.6 is 0 Å². The van der Waals surface area contributed by atoms with Crippen molar-refractivity contribution in [3.63, 3.8) is 0 Å². The van der Waals surface area contributed by atoms with Gasteiger partial charge in [-0.2, -0.15) is 4.31 Å². The van der Waals surface area contributed by atoms with Crippen molar-refractivity contribution in [1.29, 1.82) is 0 Å². The Bertz CT molecular complexity index is 559. The van der Waals surface area contributed by atoms with E-state index >= 15 is 0 Å². The summed E-state index contributed by atoms with van der Waals surface area (Å²) in [5.74, 6) is 0.825. The maximum atomic E-state index is 12.7. The van der Waals surface area contributed by atoms with Gasteiger partial charge in [0, 0.05) is 18.7 Å². The largest absolute Gasteiger partial charge is 0.494 e. The fraction of sp³-hybridized carbons (Fsp3) is 0.571. The second-order valence-corrected chi connectivity index (χ2v) is 7.06. The molecular weight excluding hydrogens is 276 g/mol. The van der Waals surface area contributed by atoms with Gasteiger partial charge in [-0.3, -0.25) is 0 Å². The van der Waals surface area contributed by atoms with Gasteiger partial charge in [-0.1, -0.05) is 6.07 Å². The molecule has 1 aliphatic heterocycles. The molecule has 2 N–H and O–H groups in total. The third kappa shape index (κ3) is 2.97. The number of hydrogen-bond donors (Lipinski definition) is 1. The topological polar surface area (TPSA) is 72.6 Å². The molecule has 2 unspecified atom stereocenters. The molecule has 0 saturated carbocycles. The van der Waals surface area contributed by atoms with E-state index in [1.165, 1.54) is 0 Å². The van der Waals surface area contributed by atoms with E-state index in [-0.39, 0.29) is 16.9 Å². The van der Waals surface area contributed by atoms with Gasteiger partial charge in [0.25, 0.3) is 0 Å². The minimum atomic E-state index is -3.47. The zero-order valence-electron chi connectivity index (χ0n) is 12.0. The van der Waals surface area contributed by atoms with Crippen molar-refractivity contribution in [2.75, 3.05) is 19.7 Å². The molecule has 6 heteroatoms. The molecule has 1 aromatic rings. The van der Waals surface area contributed by atoms with Gasteiger partial charge in [-0.15, -0.1) is 0 Å². The average Bonchev–Trinajstić information content (AvgIpc) is 2.81. The molecule has 0 radical (unpaired) electrons. The molecule has 2 rings (SSSR count). The number of nitrogens with zero attached hydrogens (tertiary/aromatic N) is 1. The van der Waals surface area contributed by atoms with Crippen LogP contribution in [0.25, 0.3) is 0 Å². The summed E-state index contributed by atoms with van der Waals surface area (Å²) in [7, 11) is -3.47. The molecule has 20 heavy (non-hydrogen) atoms. The van der Waals surface area contributed by atoms with Crippen LogP contribution in [0.2, 0.25) is 0 Å². The molecule has 0 amide bonds. The van der Waals surface area contributed by atoms with Crippen LogP contribution < -0.4 is 10.5 Å². The second kappa shape index (κ2) is 6.11. The van der Waals surface area contributed by atoms with Crippen LogP contribution in [-0.4, -0.2) is 38.5 Å². The van der Waals surface area contributed by atoms with Gasteiger partial charge in [0.1, 0.15) is 5.75 Å². The lowest BCUT2D eigenvalue weighted by atomic mass is 10.1. The van der Waals surface area contributed by atoms with Crippen LogP contribution in [-0.2, 0) is 10.0 Å². The molecule has 5 nitrogen and oxygen atoms in total. The van der Waals surface area contributed by atoms with Crippen molar-refractivity contribution in [1.82, 2.24) is 4.31 Å². The van der Waals surface area contributed by atoms with Gasteiger partial charge in [-0.25, -0.2) is 8.42 Å².